The topological polar surface area (TPSA) is 118 Å². The zero-order valence-corrected chi connectivity index (χ0v) is 7.73. The summed E-state index contributed by atoms with van der Waals surface area (Å²) in [6, 6.07) is 0. The standard InChI is InChI=1S/C6H8O7S/c7-5(8)1-2-6(9)13-3-4-14(10,11)12/h1-2H,3-4H2,(H,7,8)(H,10,11,12)/b2-1+. The number of carboxylic acid groups (broad SMARTS) is 1. The van der Waals surface area contributed by atoms with Crippen LogP contribution in [0.5, 0.6) is 0 Å². The summed E-state index contributed by atoms with van der Waals surface area (Å²) in [7, 11) is -4.17. The molecule has 0 bridgehead atoms. The molecule has 0 saturated heterocycles. The maximum atomic E-state index is 10.6. The van der Waals surface area contributed by atoms with E-state index in [2.05, 4.69) is 4.74 Å². The molecule has 0 aromatic heterocycles. The van der Waals surface area contributed by atoms with Crippen molar-refractivity contribution in [3.05, 3.63) is 12.2 Å². The maximum absolute atomic E-state index is 10.6. The fraction of sp³-hybridized carbons (Fsp3) is 0.333. The Kier molecular flexibility index (Phi) is 4.81. The lowest BCUT2D eigenvalue weighted by atomic mass is 10.5. The first-order valence-corrected chi connectivity index (χ1v) is 4.95. The van der Waals surface area contributed by atoms with Gasteiger partial charge >= 0.3 is 11.9 Å². The van der Waals surface area contributed by atoms with E-state index in [0.717, 1.165) is 0 Å². The first kappa shape index (κ1) is 12.6. The highest BCUT2D eigenvalue weighted by molar-refractivity contribution is 7.85. The second-order valence-electron chi connectivity index (χ2n) is 2.13. The molecule has 0 aliphatic carbocycles. The van der Waals surface area contributed by atoms with Gasteiger partial charge < -0.3 is 9.84 Å². The van der Waals surface area contributed by atoms with Crippen LogP contribution in [0, 0.1) is 0 Å². The monoisotopic (exact) mass is 224 g/mol. The Morgan fingerprint density at radius 1 is 1.29 bits per heavy atom. The summed E-state index contributed by atoms with van der Waals surface area (Å²) in [4.78, 5) is 20.5. The maximum Gasteiger partial charge on any atom is 0.331 e. The Morgan fingerprint density at radius 3 is 2.29 bits per heavy atom. The second-order valence-corrected chi connectivity index (χ2v) is 3.70. The van der Waals surface area contributed by atoms with Gasteiger partial charge in [0.1, 0.15) is 12.4 Å². The van der Waals surface area contributed by atoms with E-state index >= 15 is 0 Å². The number of carboxylic acids is 1. The quantitative estimate of drug-likeness (QED) is 0.351. The molecule has 0 amide bonds. The summed E-state index contributed by atoms with van der Waals surface area (Å²) in [6.07, 6.45) is 1.18. The van der Waals surface area contributed by atoms with E-state index in [1.807, 2.05) is 0 Å². The molecule has 0 radical (unpaired) electrons. The van der Waals surface area contributed by atoms with Crippen LogP contribution in [0.4, 0.5) is 0 Å². The van der Waals surface area contributed by atoms with E-state index in [1.165, 1.54) is 0 Å². The number of rotatable bonds is 5. The molecule has 0 rings (SSSR count). The molecule has 0 aromatic rings. The van der Waals surface area contributed by atoms with Crippen LogP contribution in [-0.2, 0) is 24.4 Å². The zero-order chi connectivity index (χ0) is 11.2. The Labute approximate surface area is 79.7 Å². The molecule has 0 saturated carbocycles. The molecule has 80 valence electrons. The molecule has 0 heterocycles. The van der Waals surface area contributed by atoms with Crippen molar-refractivity contribution < 1.29 is 32.4 Å². The largest absolute Gasteiger partial charge is 0.478 e. The van der Waals surface area contributed by atoms with Gasteiger partial charge in [-0.2, -0.15) is 8.42 Å². The van der Waals surface area contributed by atoms with Crippen molar-refractivity contribution in [2.24, 2.45) is 0 Å². The molecule has 0 unspecified atom stereocenters. The molecule has 0 aliphatic rings. The Hall–Kier alpha value is -1.41. The van der Waals surface area contributed by atoms with Crippen molar-refractivity contribution in [3.63, 3.8) is 0 Å². The van der Waals surface area contributed by atoms with Crippen LogP contribution in [0.25, 0.3) is 0 Å². The van der Waals surface area contributed by atoms with Gasteiger partial charge in [0.05, 0.1) is 0 Å². The lowest BCUT2D eigenvalue weighted by molar-refractivity contribution is -0.138. The van der Waals surface area contributed by atoms with E-state index < -0.39 is 34.4 Å². The van der Waals surface area contributed by atoms with E-state index in [4.69, 9.17) is 9.66 Å². The summed E-state index contributed by atoms with van der Waals surface area (Å²) in [5.41, 5.74) is 0. The van der Waals surface area contributed by atoms with Crippen LogP contribution < -0.4 is 0 Å². The van der Waals surface area contributed by atoms with E-state index in [0.29, 0.717) is 12.2 Å². The van der Waals surface area contributed by atoms with Crippen molar-refractivity contribution in [1.82, 2.24) is 0 Å². The number of carbonyl (C=O) groups excluding carboxylic acids is 1. The first-order chi connectivity index (χ1) is 6.31. The summed E-state index contributed by atoms with van der Waals surface area (Å²) >= 11 is 0. The number of aliphatic carboxylic acids is 1. The van der Waals surface area contributed by atoms with Gasteiger partial charge in [0.2, 0.25) is 0 Å². The molecule has 7 nitrogen and oxygen atoms in total. The molecule has 8 heteroatoms. The summed E-state index contributed by atoms with van der Waals surface area (Å²) in [5, 5.41) is 8.09. The number of esters is 1. The van der Waals surface area contributed by atoms with Gasteiger partial charge in [0.25, 0.3) is 10.1 Å². The molecular formula is C6H8O7S. The van der Waals surface area contributed by atoms with E-state index in [1.54, 1.807) is 0 Å². The van der Waals surface area contributed by atoms with Crippen LogP contribution in [0.15, 0.2) is 12.2 Å². The van der Waals surface area contributed by atoms with Gasteiger partial charge in [-0.05, 0) is 0 Å². The summed E-state index contributed by atoms with van der Waals surface area (Å²) in [6.45, 7) is -0.526. The average molecular weight is 224 g/mol. The number of hydrogen-bond acceptors (Lipinski definition) is 5. The van der Waals surface area contributed by atoms with Crippen LogP contribution in [0.1, 0.15) is 0 Å². The minimum atomic E-state index is -4.17. The van der Waals surface area contributed by atoms with Gasteiger partial charge in [-0.25, -0.2) is 9.59 Å². The van der Waals surface area contributed by atoms with Crippen molar-refractivity contribution in [1.29, 1.82) is 0 Å². The highest BCUT2D eigenvalue weighted by Crippen LogP contribution is 1.86. The molecule has 0 aliphatic heterocycles. The molecule has 14 heavy (non-hydrogen) atoms. The first-order valence-electron chi connectivity index (χ1n) is 3.34. The van der Waals surface area contributed by atoms with Gasteiger partial charge in [-0.3, -0.25) is 4.55 Å². The summed E-state index contributed by atoms with van der Waals surface area (Å²) in [5.74, 6) is -3.03. The molecule has 0 fully saturated rings. The number of ether oxygens (including phenoxy) is 1. The third-order valence-electron chi connectivity index (χ3n) is 0.948. The van der Waals surface area contributed by atoms with E-state index in [9.17, 15) is 18.0 Å². The SMILES string of the molecule is O=C(O)/C=C/C(=O)OCCS(=O)(=O)O. The van der Waals surface area contributed by atoms with Crippen LogP contribution in [0.3, 0.4) is 0 Å². The zero-order valence-electron chi connectivity index (χ0n) is 6.91. The normalized spacial score (nSPS) is 11.5. The van der Waals surface area contributed by atoms with Crippen molar-refractivity contribution in [2.75, 3.05) is 12.4 Å². The smallest absolute Gasteiger partial charge is 0.331 e. The van der Waals surface area contributed by atoms with Gasteiger partial charge in [0, 0.05) is 12.2 Å². The van der Waals surface area contributed by atoms with Crippen molar-refractivity contribution in [3.8, 4) is 0 Å². The van der Waals surface area contributed by atoms with E-state index in [-0.39, 0.29) is 0 Å². The van der Waals surface area contributed by atoms with Gasteiger partial charge in [-0.15, -0.1) is 0 Å². The molecule has 2 N–H and O–H groups in total. The second kappa shape index (κ2) is 5.35. The number of carbonyl (C=O) groups is 2. The Morgan fingerprint density at radius 2 is 1.86 bits per heavy atom. The fourth-order valence-electron chi connectivity index (χ4n) is 0.435. The predicted octanol–water partition coefficient (Wildman–Crippen LogP) is -0.942. The number of hydrogen-bond donors (Lipinski definition) is 2. The molecule has 0 aromatic carbocycles. The van der Waals surface area contributed by atoms with Gasteiger partial charge in [-0.1, -0.05) is 0 Å². The molecule has 0 spiro atoms. The van der Waals surface area contributed by atoms with Crippen LogP contribution in [0.2, 0.25) is 0 Å². The van der Waals surface area contributed by atoms with Crippen LogP contribution >= 0.6 is 0 Å². The lowest BCUT2D eigenvalue weighted by Crippen LogP contribution is -2.13. The van der Waals surface area contributed by atoms with Crippen molar-refractivity contribution in [2.45, 2.75) is 0 Å². The minimum Gasteiger partial charge on any atom is -0.478 e. The third kappa shape index (κ3) is 8.68. The Balaban J connectivity index is 3.82. The predicted molar refractivity (Wildman–Crippen MR) is 44.2 cm³/mol. The Bertz CT molecular complexity index is 339. The molecular weight excluding hydrogens is 216 g/mol. The van der Waals surface area contributed by atoms with Crippen LogP contribution in [-0.4, -0.2) is 42.4 Å². The average Bonchev–Trinajstić information content (AvgIpc) is 1.98. The fourth-order valence-corrected chi connectivity index (χ4v) is 0.729. The molecule has 0 atom stereocenters. The highest BCUT2D eigenvalue weighted by Gasteiger charge is 2.05. The lowest BCUT2D eigenvalue weighted by Gasteiger charge is -1.98. The third-order valence-corrected chi connectivity index (χ3v) is 1.63. The van der Waals surface area contributed by atoms with Crippen molar-refractivity contribution >= 4 is 22.1 Å². The minimum absolute atomic E-state index is 0.526. The van der Waals surface area contributed by atoms with Gasteiger partial charge in [0.15, 0.2) is 0 Å². The highest BCUT2D eigenvalue weighted by atomic mass is 32.2. The summed E-state index contributed by atoms with van der Waals surface area (Å²) < 4.78 is 32.7.